The van der Waals surface area contributed by atoms with Crippen molar-refractivity contribution >= 4 is 15.9 Å². The molecule has 0 spiro atoms. The number of hydrogen-bond acceptors (Lipinski definition) is 1. The van der Waals surface area contributed by atoms with Gasteiger partial charge in [0.25, 0.3) is 0 Å². The zero-order valence-electron chi connectivity index (χ0n) is 13.4. The number of nitrogens with one attached hydrogen (secondary N) is 1. The Hall–Kier alpha value is -0.340. The molecule has 0 amide bonds. The number of rotatable bonds is 7. The zero-order valence-corrected chi connectivity index (χ0v) is 15.0. The van der Waals surface area contributed by atoms with Crippen LogP contribution in [0.4, 0.5) is 0 Å². The highest BCUT2D eigenvalue weighted by atomic mass is 79.9. The van der Waals surface area contributed by atoms with E-state index in [4.69, 9.17) is 0 Å². The molecule has 1 aliphatic rings. The van der Waals surface area contributed by atoms with Gasteiger partial charge in [0.05, 0.1) is 0 Å². The van der Waals surface area contributed by atoms with Gasteiger partial charge in [0.2, 0.25) is 0 Å². The van der Waals surface area contributed by atoms with E-state index in [1.807, 2.05) is 0 Å². The normalized spacial score (nSPS) is 18.4. The Bertz CT molecular complexity index is 396. The third-order valence-corrected chi connectivity index (χ3v) is 5.14. The van der Waals surface area contributed by atoms with Crippen LogP contribution in [-0.4, -0.2) is 12.6 Å². The monoisotopic (exact) mass is 351 g/mol. The van der Waals surface area contributed by atoms with Crippen LogP contribution in [0.1, 0.15) is 63.9 Å². The molecule has 0 aromatic heterocycles. The molecule has 0 aliphatic heterocycles. The lowest BCUT2D eigenvalue weighted by molar-refractivity contribution is 0.349. The van der Waals surface area contributed by atoms with Crippen molar-refractivity contribution in [2.75, 3.05) is 6.54 Å². The van der Waals surface area contributed by atoms with Gasteiger partial charge >= 0.3 is 0 Å². The van der Waals surface area contributed by atoms with Crippen molar-refractivity contribution in [2.24, 2.45) is 5.92 Å². The van der Waals surface area contributed by atoms with Crippen molar-refractivity contribution in [1.29, 1.82) is 0 Å². The van der Waals surface area contributed by atoms with Crippen LogP contribution < -0.4 is 5.32 Å². The molecule has 1 N–H and O–H groups in total. The fourth-order valence-corrected chi connectivity index (χ4v) is 3.98. The maximum atomic E-state index is 3.79. The van der Waals surface area contributed by atoms with E-state index in [9.17, 15) is 0 Å². The Morgan fingerprint density at radius 1 is 1.19 bits per heavy atom. The van der Waals surface area contributed by atoms with Gasteiger partial charge in [-0.25, -0.2) is 0 Å². The lowest BCUT2D eigenvalue weighted by Crippen LogP contribution is -2.33. The van der Waals surface area contributed by atoms with Crippen LogP contribution in [0.5, 0.6) is 0 Å². The highest BCUT2D eigenvalue weighted by Crippen LogP contribution is 2.27. The van der Waals surface area contributed by atoms with Crippen LogP contribution in [0.2, 0.25) is 0 Å². The summed E-state index contributed by atoms with van der Waals surface area (Å²) in [7, 11) is 0. The lowest BCUT2D eigenvalue weighted by Gasteiger charge is -2.24. The van der Waals surface area contributed by atoms with Gasteiger partial charge in [0.1, 0.15) is 0 Å². The molecule has 1 fully saturated rings. The first kappa shape index (κ1) is 17.0. The predicted molar refractivity (Wildman–Crippen MR) is 95.7 cm³/mol. The van der Waals surface area contributed by atoms with E-state index >= 15 is 0 Å². The summed E-state index contributed by atoms with van der Waals surface area (Å²) in [6, 6.07) is 9.44. The molecule has 0 saturated heterocycles. The van der Waals surface area contributed by atoms with Crippen LogP contribution in [0, 0.1) is 5.92 Å². The molecule has 1 atom stereocenters. The first-order valence-electron chi connectivity index (χ1n) is 8.75. The number of benzene rings is 1. The van der Waals surface area contributed by atoms with Gasteiger partial charge in [0, 0.05) is 10.5 Å². The van der Waals surface area contributed by atoms with Gasteiger partial charge in [-0.2, -0.15) is 0 Å². The largest absolute Gasteiger partial charge is 0.314 e. The average Bonchev–Trinajstić information content (AvgIpc) is 2.73. The summed E-state index contributed by atoms with van der Waals surface area (Å²) in [5, 5.41) is 3.79. The molecule has 2 heteroatoms. The van der Waals surface area contributed by atoms with Crippen LogP contribution in [0.25, 0.3) is 0 Å². The molecule has 2 rings (SSSR count). The van der Waals surface area contributed by atoms with E-state index in [1.165, 1.54) is 61.4 Å². The van der Waals surface area contributed by atoms with Crippen molar-refractivity contribution in [3.63, 3.8) is 0 Å². The fourth-order valence-electron chi connectivity index (χ4n) is 3.54. The molecule has 1 aliphatic carbocycles. The summed E-state index contributed by atoms with van der Waals surface area (Å²) in [5.74, 6) is 0.939. The van der Waals surface area contributed by atoms with Crippen molar-refractivity contribution in [2.45, 2.75) is 70.8 Å². The summed E-state index contributed by atoms with van der Waals surface area (Å²) >= 11 is 3.59. The Morgan fingerprint density at radius 2 is 1.95 bits per heavy atom. The number of halogens is 1. The van der Waals surface area contributed by atoms with Crippen molar-refractivity contribution in [3.8, 4) is 0 Å². The van der Waals surface area contributed by atoms with Crippen molar-refractivity contribution in [1.82, 2.24) is 5.32 Å². The molecule has 21 heavy (non-hydrogen) atoms. The molecular weight excluding hydrogens is 322 g/mol. The zero-order chi connectivity index (χ0) is 14.9. The molecule has 0 bridgehead atoms. The quantitative estimate of drug-likeness (QED) is 0.619. The average molecular weight is 352 g/mol. The minimum absolute atomic E-state index is 0.641. The standard InChI is InChI=1S/C19H30BrN/c1-2-12-21-19(14-16-8-5-3-4-6-9-16)15-17-10-7-11-18(20)13-17/h7,10-11,13,16,19,21H,2-6,8-9,12,14-15H2,1H3. The van der Waals surface area contributed by atoms with Gasteiger partial charge in [-0.15, -0.1) is 0 Å². The fraction of sp³-hybridized carbons (Fsp3) is 0.684. The van der Waals surface area contributed by atoms with Gasteiger partial charge in [-0.3, -0.25) is 0 Å². The molecule has 1 saturated carbocycles. The Balaban J connectivity index is 1.92. The van der Waals surface area contributed by atoms with Crippen molar-refractivity contribution < 1.29 is 0 Å². The summed E-state index contributed by atoms with van der Waals surface area (Å²) in [4.78, 5) is 0. The molecule has 0 radical (unpaired) electrons. The van der Waals surface area contributed by atoms with E-state index in [0.717, 1.165) is 18.9 Å². The first-order valence-corrected chi connectivity index (χ1v) is 9.55. The van der Waals surface area contributed by atoms with Crippen LogP contribution in [0.3, 0.4) is 0 Å². The van der Waals surface area contributed by atoms with E-state index in [1.54, 1.807) is 0 Å². The Morgan fingerprint density at radius 3 is 2.62 bits per heavy atom. The maximum Gasteiger partial charge on any atom is 0.0178 e. The van der Waals surface area contributed by atoms with Crippen LogP contribution >= 0.6 is 15.9 Å². The molecule has 1 aromatic carbocycles. The molecule has 1 nitrogen and oxygen atoms in total. The second-order valence-corrected chi connectivity index (χ2v) is 7.49. The van der Waals surface area contributed by atoms with E-state index in [0.29, 0.717) is 6.04 Å². The lowest BCUT2D eigenvalue weighted by atomic mass is 9.90. The van der Waals surface area contributed by atoms with Crippen LogP contribution in [0.15, 0.2) is 28.7 Å². The van der Waals surface area contributed by atoms with E-state index in [-0.39, 0.29) is 0 Å². The van der Waals surface area contributed by atoms with Gasteiger partial charge < -0.3 is 5.32 Å². The topological polar surface area (TPSA) is 12.0 Å². The van der Waals surface area contributed by atoms with Gasteiger partial charge in [-0.1, -0.05) is 73.5 Å². The number of hydrogen-bond donors (Lipinski definition) is 1. The molecular formula is C19H30BrN. The summed E-state index contributed by atoms with van der Waals surface area (Å²) in [6.07, 6.45) is 12.4. The molecule has 118 valence electrons. The Kier molecular flexibility index (Phi) is 7.81. The smallest absolute Gasteiger partial charge is 0.0178 e. The van der Waals surface area contributed by atoms with Crippen LogP contribution in [-0.2, 0) is 6.42 Å². The maximum absolute atomic E-state index is 3.79. The minimum atomic E-state index is 0.641. The van der Waals surface area contributed by atoms with Gasteiger partial charge in [-0.05, 0) is 49.4 Å². The second-order valence-electron chi connectivity index (χ2n) is 6.58. The molecule has 0 heterocycles. The summed E-state index contributed by atoms with van der Waals surface area (Å²) < 4.78 is 1.20. The predicted octanol–water partition coefficient (Wildman–Crippen LogP) is 5.72. The second kappa shape index (κ2) is 9.63. The highest BCUT2D eigenvalue weighted by molar-refractivity contribution is 9.10. The van der Waals surface area contributed by atoms with Gasteiger partial charge in [0.15, 0.2) is 0 Å². The third kappa shape index (κ3) is 6.52. The molecule has 1 unspecified atom stereocenters. The first-order chi connectivity index (χ1) is 10.3. The Labute approximate surface area is 139 Å². The van der Waals surface area contributed by atoms with Crippen molar-refractivity contribution in [3.05, 3.63) is 34.3 Å². The third-order valence-electron chi connectivity index (χ3n) is 4.65. The SMILES string of the molecule is CCCNC(Cc1cccc(Br)c1)CC1CCCCCC1. The summed E-state index contributed by atoms with van der Waals surface area (Å²) in [6.45, 7) is 3.40. The highest BCUT2D eigenvalue weighted by Gasteiger charge is 2.18. The van der Waals surface area contributed by atoms with E-state index < -0.39 is 0 Å². The molecule has 1 aromatic rings. The minimum Gasteiger partial charge on any atom is -0.314 e. The van der Waals surface area contributed by atoms with E-state index in [2.05, 4.69) is 52.4 Å². The summed E-state index contributed by atoms with van der Waals surface area (Å²) in [5.41, 5.74) is 1.45.